The van der Waals surface area contributed by atoms with Gasteiger partial charge in [0.25, 0.3) is 0 Å². The van der Waals surface area contributed by atoms with Crippen molar-refractivity contribution in [3.05, 3.63) is 84.4 Å². The third-order valence-electron chi connectivity index (χ3n) is 2.88. The first kappa shape index (κ1) is 14.6. The average Bonchev–Trinajstić information content (AvgIpc) is 2.49. The fraction of sp³-hybridized carbons (Fsp3) is 0. The maximum atomic E-state index is 13.3. The van der Waals surface area contributed by atoms with Gasteiger partial charge in [0.2, 0.25) is 0 Å². The SMILES string of the molecule is Fc1cc(F)cc(Sc2ccccc2Oc2ccccc2)c1. The van der Waals surface area contributed by atoms with E-state index in [0.717, 1.165) is 11.0 Å². The van der Waals surface area contributed by atoms with E-state index in [1.165, 1.54) is 23.9 Å². The molecule has 0 bridgehead atoms. The molecule has 0 N–H and O–H groups in total. The van der Waals surface area contributed by atoms with Crippen molar-refractivity contribution in [3.63, 3.8) is 0 Å². The Balaban J connectivity index is 1.88. The van der Waals surface area contributed by atoms with Crippen molar-refractivity contribution < 1.29 is 13.5 Å². The van der Waals surface area contributed by atoms with Crippen LogP contribution in [-0.2, 0) is 0 Å². The monoisotopic (exact) mass is 314 g/mol. The fourth-order valence-corrected chi connectivity index (χ4v) is 2.90. The topological polar surface area (TPSA) is 9.23 Å². The molecule has 22 heavy (non-hydrogen) atoms. The number of hydrogen-bond acceptors (Lipinski definition) is 2. The van der Waals surface area contributed by atoms with Crippen LogP contribution in [0, 0.1) is 11.6 Å². The summed E-state index contributed by atoms with van der Waals surface area (Å²) in [7, 11) is 0. The Morgan fingerprint density at radius 2 is 1.36 bits per heavy atom. The summed E-state index contributed by atoms with van der Waals surface area (Å²) in [6.07, 6.45) is 0. The largest absolute Gasteiger partial charge is 0.456 e. The summed E-state index contributed by atoms with van der Waals surface area (Å²) < 4.78 is 32.4. The van der Waals surface area contributed by atoms with Gasteiger partial charge in [-0.1, -0.05) is 42.1 Å². The highest BCUT2D eigenvalue weighted by Crippen LogP contribution is 2.37. The van der Waals surface area contributed by atoms with Gasteiger partial charge in [0.15, 0.2) is 0 Å². The number of para-hydroxylation sites is 2. The minimum atomic E-state index is -0.594. The lowest BCUT2D eigenvalue weighted by Gasteiger charge is -2.10. The number of rotatable bonds is 4. The van der Waals surface area contributed by atoms with E-state index in [-0.39, 0.29) is 0 Å². The lowest BCUT2D eigenvalue weighted by molar-refractivity contribution is 0.471. The van der Waals surface area contributed by atoms with Crippen molar-refractivity contribution in [2.75, 3.05) is 0 Å². The van der Waals surface area contributed by atoms with Gasteiger partial charge >= 0.3 is 0 Å². The van der Waals surface area contributed by atoms with Gasteiger partial charge in [-0.25, -0.2) is 8.78 Å². The normalized spacial score (nSPS) is 10.5. The highest BCUT2D eigenvalue weighted by molar-refractivity contribution is 7.99. The van der Waals surface area contributed by atoms with Crippen LogP contribution in [0.25, 0.3) is 0 Å². The molecule has 0 amide bonds. The molecule has 0 atom stereocenters. The molecule has 0 aliphatic heterocycles. The van der Waals surface area contributed by atoms with Crippen LogP contribution in [0.1, 0.15) is 0 Å². The smallest absolute Gasteiger partial charge is 0.141 e. The predicted molar refractivity (Wildman–Crippen MR) is 83.4 cm³/mol. The summed E-state index contributed by atoms with van der Waals surface area (Å²) in [6, 6.07) is 20.2. The van der Waals surface area contributed by atoms with E-state index in [2.05, 4.69) is 0 Å². The van der Waals surface area contributed by atoms with Crippen LogP contribution in [0.2, 0.25) is 0 Å². The van der Waals surface area contributed by atoms with Gasteiger partial charge in [-0.15, -0.1) is 0 Å². The van der Waals surface area contributed by atoms with Crippen LogP contribution < -0.4 is 4.74 Å². The Labute approximate surface area is 131 Å². The molecule has 0 heterocycles. The minimum absolute atomic E-state index is 0.488. The molecule has 0 saturated heterocycles. The second-order valence-electron chi connectivity index (χ2n) is 4.57. The molecule has 3 aromatic carbocycles. The molecule has 0 spiro atoms. The Hall–Kier alpha value is -2.33. The first-order chi connectivity index (χ1) is 10.7. The average molecular weight is 314 g/mol. The van der Waals surface area contributed by atoms with Gasteiger partial charge in [0.05, 0.1) is 4.90 Å². The molecule has 0 aromatic heterocycles. The molecule has 0 unspecified atom stereocenters. The number of ether oxygens (including phenoxy) is 1. The molecule has 0 aliphatic carbocycles. The molecular weight excluding hydrogens is 302 g/mol. The van der Waals surface area contributed by atoms with E-state index in [1.54, 1.807) is 0 Å². The lowest BCUT2D eigenvalue weighted by atomic mass is 10.3. The van der Waals surface area contributed by atoms with E-state index < -0.39 is 11.6 Å². The van der Waals surface area contributed by atoms with E-state index in [0.29, 0.717) is 16.4 Å². The zero-order valence-electron chi connectivity index (χ0n) is 11.5. The van der Waals surface area contributed by atoms with Crippen LogP contribution in [0.5, 0.6) is 11.5 Å². The molecule has 0 saturated carbocycles. The van der Waals surface area contributed by atoms with Gasteiger partial charge in [-0.2, -0.15) is 0 Å². The molecule has 3 aromatic rings. The van der Waals surface area contributed by atoms with Crippen LogP contribution in [-0.4, -0.2) is 0 Å². The van der Waals surface area contributed by atoms with Gasteiger partial charge in [-0.3, -0.25) is 0 Å². The van der Waals surface area contributed by atoms with Crippen molar-refractivity contribution >= 4 is 11.8 Å². The van der Waals surface area contributed by atoms with Crippen LogP contribution in [0.4, 0.5) is 8.78 Å². The first-order valence-corrected chi connectivity index (χ1v) is 7.48. The molecule has 0 fully saturated rings. The number of hydrogen-bond donors (Lipinski definition) is 0. The molecule has 0 aliphatic rings. The summed E-state index contributed by atoms with van der Waals surface area (Å²) >= 11 is 1.26. The number of benzene rings is 3. The maximum Gasteiger partial charge on any atom is 0.141 e. The van der Waals surface area contributed by atoms with E-state index in [4.69, 9.17) is 4.74 Å². The quantitative estimate of drug-likeness (QED) is 0.592. The summed E-state index contributed by atoms with van der Waals surface area (Å²) in [4.78, 5) is 1.28. The van der Waals surface area contributed by atoms with E-state index in [1.807, 2.05) is 54.6 Å². The van der Waals surface area contributed by atoms with Crippen LogP contribution in [0.15, 0.2) is 82.6 Å². The van der Waals surface area contributed by atoms with Crippen LogP contribution in [0.3, 0.4) is 0 Å². The number of halogens is 2. The standard InChI is InChI=1S/C18H12F2OS/c19-13-10-14(20)12-16(11-13)22-18-9-5-4-8-17(18)21-15-6-2-1-3-7-15/h1-12H. The maximum absolute atomic E-state index is 13.3. The second kappa shape index (κ2) is 6.62. The summed E-state index contributed by atoms with van der Waals surface area (Å²) in [6.45, 7) is 0. The zero-order chi connectivity index (χ0) is 15.4. The zero-order valence-corrected chi connectivity index (χ0v) is 12.3. The lowest BCUT2D eigenvalue weighted by Crippen LogP contribution is -1.87. The van der Waals surface area contributed by atoms with Gasteiger partial charge < -0.3 is 4.74 Å². The highest BCUT2D eigenvalue weighted by atomic mass is 32.2. The first-order valence-electron chi connectivity index (χ1n) is 6.66. The second-order valence-corrected chi connectivity index (χ2v) is 5.68. The molecule has 3 rings (SSSR count). The van der Waals surface area contributed by atoms with Crippen molar-refractivity contribution in [2.24, 2.45) is 0 Å². The van der Waals surface area contributed by atoms with Crippen molar-refractivity contribution in [3.8, 4) is 11.5 Å². The van der Waals surface area contributed by atoms with Gasteiger partial charge in [-0.05, 0) is 36.4 Å². The Morgan fingerprint density at radius 1 is 0.727 bits per heavy atom. The summed E-state index contributed by atoms with van der Waals surface area (Å²) in [5.41, 5.74) is 0. The molecule has 4 heteroatoms. The fourth-order valence-electron chi connectivity index (χ4n) is 1.95. The summed E-state index contributed by atoms with van der Waals surface area (Å²) in [5, 5.41) is 0. The Kier molecular flexibility index (Phi) is 4.39. The molecule has 1 nitrogen and oxygen atoms in total. The van der Waals surface area contributed by atoms with Gasteiger partial charge in [0, 0.05) is 11.0 Å². The minimum Gasteiger partial charge on any atom is -0.456 e. The molecule has 110 valence electrons. The van der Waals surface area contributed by atoms with E-state index >= 15 is 0 Å². The predicted octanol–water partition coefficient (Wildman–Crippen LogP) is 5.91. The highest BCUT2D eigenvalue weighted by Gasteiger charge is 2.08. The Bertz CT molecular complexity index is 755. The summed E-state index contributed by atoms with van der Waals surface area (Å²) in [5.74, 6) is 0.164. The van der Waals surface area contributed by atoms with Crippen molar-refractivity contribution in [1.29, 1.82) is 0 Å². The van der Waals surface area contributed by atoms with Crippen LogP contribution >= 0.6 is 11.8 Å². The van der Waals surface area contributed by atoms with Crippen molar-refractivity contribution in [2.45, 2.75) is 9.79 Å². The molecular formula is C18H12F2OS. The molecule has 0 radical (unpaired) electrons. The van der Waals surface area contributed by atoms with E-state index in [9.17, 15) is 8.78 Å². The third-order valence-corrected chi connectivity index (χ3v) is 3.91. The Morgan fingerprint density at radius 3 is 2.09 bits per heavy atom. The third kappa shape index (κ3) is 3.65. The van der Waals surface area contributed by atoms with Crippen molar-refractivity contribution in [1.82, 2.24) is 0 Å². The van der Waals surface area contributed by atoms with Gasteiger partial charge in [0.1, 0.15) is 23.1 Å².